The van der Waals surface area contributed by atoms with Gasteiger partial charge in [-0.2, -0.15) is 4.31 Å². The Hall–Kier alpha value is -0.700. The van der Waals surface area contributed by atoms with Gasteiger partial charge in [0.2, 0.25) is 0 Å². The van der Waals surface area contributed by atoms with E-state index in [0.29, 0.717) is 6.54 Å². The Kier molecular flexibility index (Phi) is 4.14. The highest BCUT2D eigenvalue weighted by molar-refractivity contribution is 7.91. The van der Waals surface area contributed by atoms with Gasteiger partial charge in [-0.25, -0.2) is 8.42 Å². The van der Waals surface area contributed by atoms with Gasteiger partial charge in [0.25, 0.3) is 15.7 Å². The van der Waals surface area contributed by atoms with Crippen LogP contribution in [0, 0.1) is 10.1 Å². The number of rotatable bonds is 3. The van der Waals surface area contributed by atoms with E-state index in [1.54, 1.807) is 0 Å². The summed E-state index contributed by atoms with van der Waals surface area (Å²) in [5.74, 6) is 0. The predicted molar refractivity (Wildman–Crippen MR) is 73.2 cm³/mol. The third-order valence-electron chi connectivity index (χ3n) is 3.15. The van der Waals surface area contributed by atoms with Crippen LogP contribution in [0.25, 0.3) is 0 Å². The molecule has 2 rings (SSSR count). The summed E-state index contributed by atoms with van der Waals surface area (Å²) in [4.78, 5) is 10.1. The highest BCUT2D eigenvalue weighted by atomic mass is 35.5. The first-order chi connectivity index (χ1) is 8.84. The van der Waals surface area contributed by atoms with Crippen molar-refractivity contribution in [2.45, 2.75) is 36.4 Å². The van der Waals surface area contributed by atoms with E-state index in [2.05, 4.69) is 0 Å². The van der Waals surface area contributed by atoms with Crippen molar-refractivity contribution in [3.05, 3.63) is 20.5 Å². The van der Waals surface area contributed by atoms with Crippen molar-refractivity contribution in [3.8, 4) is 0 Å². The molecule has 0 radical (unpaired) electrons. The summed E-state index contributed by atoms with van der Waals surface area (Å²) in [6, 6.07) is 0.961. The molecule has 9 heteroatoms. The maximum atomic E-state index is 12.4. The molecule has 1 fully saturated rings. The first kappa shape index (κ1) is 14.7. The number of halogens is 1. The van der Waals surface area contributed by atoms with E-state index in [4.69, 9.17) is 11.6 Å². The third kappa shape index (κ3) is 2.76. The largest absolute Gasteiger partial charge is 0.300 e. The van der Waals surface area contributed by atoms with Crippen molar-refractivity contribution in [3.63, 3.8) is 0 Å². The van der Waals surface area contributed by atoms with Crippen molar-refractivity contribution < 1.29 is 13.3 Å². The maximum Gasteiger partial charge on any atom is 0.300 e. The van der Waals surface area contributed by atoms with Crippen molar-refractivity contribution >= 4 is 38.6 Å². The van der Waals surface area contributed by atoms with Crippen molar-refractivity contribution in [1.82, 2.24) is 4.31 Å². The Labute approximate surface area is 120 Å². The highest BCUT2D eigenvalue weighted by Crippen LogP contribution is 2.38. The fraction of sp³-hybridized carbons (Fsp3) is 0.600. The number of nitrogens with zero attached hydrogens (tertiary/aromatic N) is 2. The minimum atomic E-state index is -3.68. The van der Waals surface area contributed by atoms with Gasteiger partial charge in [-0.05, 0) is 19.8 Å². The molecule has 2 heterocycles. The van der Waals surface area contributed by atoms with E-state index < -0.39 is 14.9 Å². The molecule has 0 aliphatic carbocycles. The van der Waals surface area contributed by atoms with Crippen LogP contribution < -0.4 is 0 Å². The van der Waals surface area contributed by atoms with E-state index in [9.17, 15) is 18.5 Å². The highest BCUT2D eigenvalue weighted by Gasteiger charge is 2.34. The molecule has 0 saturated carbocycles. The Morgan fingerprint density at radius 1 is 1.53 bits per heavy atom. The van der Waals surface area contributed by atoms with Gasteiger partial charge in [0.1, 0.15) is 4.21 Å². The Bertz CT molecular complexity index is 599. The van der Waals surface area contributed by atoms with Crippen LogP contribution in [0.3, 0.4) is 0 Å². The van der Waals surface area contributed by atoms with Gasteiger partial charge in [0.15, 0.2) is 4.34 Å². The summed E-state index contributed by atoms with van der Waals surface area (Å²) in [6.07, 6.45) is 2.61. The molecule has 1 atom stereocenters. The van der Waals surface area contributed by atoms with E-state index in [0.717, 1.165) is 36.7 Å². The molecule has 19 heavy (non-hydrogen) atoms. The molecular weight excluding hydrogens is 312 g/mol. The van der Waals surface area contributed by atoms with Crippen LogP contribution in [0.1, 0.15) is 26.2 Å². The van der Waals surface area contributed by atoms with E-state index in [1.807, 2.05) is 6.92 Å². The summed E-state index contributed by atoms with van der Waals surface area (Å²) >= 11 is 6.45. The van der Waals surface area contributed by atoms with E-state index >= 15 is 0 Å². The molecule has 0 amide bonds. The predicted octanol–water partition coefficient (Wildman–Crippen LogP) is 2.87. The van der Waals surface area contributed by atoms with Crippen LogP contribution in [0.5, 0.6) is 0 Å². The molecule has 0 N–H and O–H groups in total. The molecule has 0 spiro atoms. The van der Waals surface area contributed by atoms with Crippen LogP contribution in [0.4, 0.5) is 5.69 Å². The first-order valence-corrected chi connectivity index (χ1v) is 8.43. The number of nitro groups is 1. The minimum Gasteiger partial charge on any atom is -0.258 e. The quantitative estimate of drug-likeness (QED) is 0.632. The summed E-state index contributed by atoms with van der Waals surface area (Å²) in [6.45, 7) is 2.30. The van der Waals surface area contributed by atoms with Gasteiger partial charge in [0.05, 0.1) is 4.92 Å². The zero-order valence-electron chi connectivity index (χ0n) is 10.2. The Morgan fingerprint density at radius 3 is 2.74 bits per heavy atom. The number of sulfonamides is 1. The SMILES string of the molecule is CC1CCCCN1S(=O)(=O)c1cc([N+](=O)[O-])c(Cl)s1. The lowest BCUT2D eigenvalue weighted by atomic mass is 10.1. The molecule has 0 aromatic carbocycles. The monoisotopic (exact) mass is 324 g/mol. The second kappa shape index (κ2) is 5.35. The minimum absolute atomic E-state index is 0.0575. The molecule has 1 aliphatic heterocycles. The fourth-order valence-corrected chi connectivity index (χ4v) is 5.63. The second-order valence-corrected chi connectivity index (χ2v) is 8.21. The van der Waals surface area contributed by atoms with Crippen LogP contribution in [-0.4, -0.2) is 30.2 Å². The Morgan fingerprint density at radius 2 is 2.21 bits per heavy atom. The second-order valence-electron chi connectivity index (χ2n) is 4.44. The molecule has 1 aliphatic rings. The van der Waals surface area contributed by atoms with Crippen LogP contribution >= 0.6 is 22.9 Å². The van der Waals surface area contributed by atoms with Gasteiger partial charge < -0.3 is 0 Å². The van der Waals surface area contributed by atoms with Crippen LogP contribution in [0.15, 0.2) is 10.3 Å². The van der Waals surface area contributed by atoms with E-state index in [-0.39, 0.29) is 20.3 Å². The summed E-state index contributed by atoms with van der Waals surface area (Å²) in [7, 11) is -3.68. The molecule has 6 nitrogen and oxygen atoms in total. The number of piperidine rings is 1. The van der Waals surface area contributed by atoms with Gasteiger partial charge in [-0.1, -0.05) is 18.0 Å². The molecule has 1 saturated heterocycles. The molecule has 1 aromatic rings. The van der Waals surface area contributed by atoms with Gasteiger partial charge in [0, 0.05) is 18.7 Å². The fourth-order valence-electron chi connectivity index (χ4n) is 2.13. The first-order valence-electron chi connectivity index (χ1n) is 5.79. The zero-order chi connectivity index (χ0) is 14.2. The van der Waals surface area contributed by atoms with Crippen molar-refractivity contribution in [2.75, 3.05) is 6.54 Å². The normalized spacial score (nSPS) is 21.5. The van der Waals surface area contributed by atoms with Crippen molar-refractivity contribution in [2.24, 2.45) is 0 Å². The standard InChI is InChI=1S/C10H13ClN2O4S2/c1-7-4-2-3-5-12(7)19(16,17)9-6-8(13(14)15)10(11)18-9/h6-7H,2-5H2,1H3. The smallest absolute Gasteiger partial charge is 0.258 e. The van der Waals surface area contributed by atoms with Crippen LogP contribution in [0.2, 0.25) is 4.34 Å². The van der Waals surface area contributed by atoms with Gasteiger partial charge in [-0.15, -0.1) is 11.3 Å². The molecule has 1 aromatic heterocycles. The van der Waals surface area contributed by atoms with Gasteiger partial charge in [-0.3, -0.25) is 10.1 Å². The number of thiophene rings is 1. The number of hydrogen-bond acceptors (Lipinski definition) is 5. The molecule has 106 valence electrons. The summed E-state index contributed by atoms with van der Waals surface area (Å²) in [5, 5.41) is 10.7. The van der Waals surface area contributed by atoms with Gasteiger partial charge >= 0.3 is 0 Å². The lowest BCUT2D eigenvalue weighted by Gasteiger charge is -2.31. The molecule has 0 bridgehead atoms. The molecular formula is C10H13ClN2O4S2. The lowest BCUT2D eigenvalue weighted by molar-refractivity contribution is -0.384. The average Bonchev–Trinajstić information content (AvgIpc) is 2.72. The number of hydrogen-bond donors (Lipinski definition) is 0. The zero-order valence-corrected chi connectivity index (χ0v) is 12.6. The summed E-state index contributed by atoms with van der Waals surface area (Å²) in [5.41, 5.74) is -0.352. The average molecular weight is 325 g/mol. The van der Waals surface area contributed by atoms with Crippen molar-refractivity contribution in [1.29, 1.82) is 0 Å². The maximum absolute atomic E-state index is 12.4. The summed E-state index contributed by atoms with van der Waals surface area (Å²) < 4.78 is 26.1. The lowest BCUT2D eigenvalue weighted by Crippen LogP contribution is -2.41. The molecule has 1 unspecified atom stereocenters. The third-order valence-corrected chi connectivity index (χ3v) is 6.95. The Balaban J connectivity index is 2.39. The van der Waals surface area contributed by atoms with E-state index in [1.165, 1.54) is 4.31 Å². The van der Waals surface area contributed by atoms with Crippen LogP contribution in [-0.2, 0) is 10.0 Å². The topological polar surface area (TPSA) is 80.5 Å².